The topological polar surface area (TPSA) is 67.0 Å². The summed E-state index contributed by atoms with van der Waals surface area (Å²) in [7, 11) is 0. The average Bonchev–Trinajstić information content (AvgIpc) is 3.06. The molecule has 1 amide bonds. The quantitative estimate of drug-likeness (QED) is 0.768. The van der Waals surface area contributed by atoms with Crippen molar-refractivity contribution in [2.45, 2.75) is 6.92 Å². The van der Waals surface area contributed by atoms with E-state index >= 15 is 0 Å². The minimum Gasteiger partial charge on any atom is -0.450 e. The Morgan fingerprint density at radius 2 is 2.35 bits per heavy atom. The van der Waals surface area contributed by atoms with E-state index in [9.17, 15) is 4.79 Å². The van der Waals surface area contributed by atoms with Gasteiger partial charge in [0.1, 0.15) is 0 Å². The number of hydrogen-bond acceptors (Lipinski definition) is 4. The number of H-pyrrole nitrogens is 1. The molecule has 0 bridgehead atoms. The number of hydrogen-bond donors (Lipinski definition) is 2. The molecule has 0 fully saturated rings. The highest BCUT2D eigenvalue weighted by molar-refractivity contribution is 7.13. The first kappa shape index (κ1) is 12.7. The molecule has 102 valence electrons. The van der Waals surface area contributed by atoms with Crippen LogP contribution in [0.25, 0.3) is 21.5 Å². The lowest BCUT2D eigenvalue weighted by Crippen LogP contribution is -2.14. The molecule has 2 aromatic heterocycles. The molecule has 3 rings (SSSR count). The standard InChI is InChI=1S/C14H13N3O2S/c1-2-19-14(18)17-13-15-10-6-5-9(8-11(10)16-13)12-4-3-7-20-12/h3-8H,2H2,1H3,(H2,15,16,17,18). The number of rotatable bonds is 3. The Labute approximate surface area is 119 Å². The van der Waals surface area contributed by atoms with Crippen LogP contribution in [0, 0.1) is 0 Å². The molecule has 5 nitrogen and oxygen atoms in total. The van der Waals surface area contributed by atoms with Gasteiger partial charge in [-0.25, -0.2) is 9.78 Å². The van der Waals surface area contributed by atoms with Crippen molar-refractivity contribution < 1.29 is 9.53 Å². The van der Waals surface area contributed by atoms with E-state index in [1.165, 1.54) is 4.88 Å². The van der Waals surface area contributed by atoms with E-state index in [4.69, 9.17) is 4.74 Å². The highest BCUT2D eigenvalue weighted by atomic mass is 32.1. The van der Waals surface area contributed by atoms with Gasteiger partial charge in [0.25, 0.3) is 0 Å². The van der Waals surface area contributed by atoms with E-state index in [0.29, 0.717) is 12.6 Å². The van der Waals surface area contributed by atoms with Crippen LogP contribution in [-0.2, 0) is 4.74 Å². The first-order valence-corrected chi connectivity index (χ1v) is 7.11. The van der Waals surface area contributed by atoms with Crippen LogP contribution in [0.1, 0.15) is 6.92 Å². The number of carbonyl (C=O) groups is 1. The summed E-state index contributed by atoms with van der Waals surface area (Å²) in [5, 5.41) is 4.60. The molecule has 2 N–H and O–H groups in total. The van der Waals surface area contributed by atoms with Crippen molar-refractivity contribution in [2.75, 3.05) is 11.9 Å². The van der Waals surface area contributed by atoms with Crippen molar-refractivity contribution in [3.05, 3.63) is 35.7 Å². The number of carbonyl (C=O) groups excluding carboxylic acids is 1. The van der Waals surface area contributed by atoms with Crippen molar-refractivity contribution in [1.82, 2.24) is 9.97 Å². The molecule has 0 aliphatic rings. The number of amides is 1. The highest BCUT2D eigenvalue weighted by Gasteiger charge is 2.08. The molecule has 0 unspecified atom stereocenters. The van der Waals surface area contributed by atoms with Crippen LogP contribution in [-0.4, -0.2) is 22.7 Å². The van der Waals surface area contributed by atoms with Crippen LogP contribution in [0.4, 0.5) is 10.7 Å². The van der Waals surface area contributed by atoms with E-state index in [1.54, 1.807) is 18.3 Å². The molecule has 0 saturated carbocycles. The predicted octanol–water partition coefficient (Wildman–Crippen LogP) is 3.86. The lowest BCUT2D eigenvalue weighted by atomic mass is 10.2. The molecule has 2 heterocycles. The Balaban J connectivity index is 1.89. The number of nitrogens with zero attached hydrogens (tertiary/aromatic N) is 1. The minimum absolute atomic E-state index is 0.328. The summed E-state index contributed by atoms with van der Waals surface area (Å²) in [6.45, 7) is 2.08. The fourth-order valence-corrected chi connectivity index (χ4v) is 2.65. The summed E-state index contributed by atoms with van der Waals surface area (Å²) in [6, 6.07) is 10.1. The third-order valence-corrected chi connectivity index (χ3v) is 3.70. The van der Waals surface area contributed by atoms with Crippen LogP contribution in [0.15, 0.2) is 35.7 Å². The Hall–Kier alpha value is -2.34. The average molecular weight is 287 g/mol. The Morgan fingerprint density at radius 3 is 3.10 bits per heavy atom. The third kappa shape index (κ3) is 2.50. The molecular weight excluding hydrogens is 274 g/mol. The summed E-state index contributed by atoms with van der Waals surface area (Å²) in [5.41, 5.74) is 2.79. The SMILES string of the molecule is CCOC(=O)Nc1nc2cc(-c3cccs3)ccc2[nH]1. The van der Waals surface area contributed by atoms with Gasteiger partial charge in [0.2, 0.25) is 5.95 Å². The van der Waals surface area contributed by atoms with Crippen LogP contribution < -0.4 is 5.32 Å². The normalized spacial score (nSPS) is 10.7. The zero-order valence-corrected chi connectivity index (χ0v) is 11.7. The maximum atomic E-state index is 11.4. The van der Waals surface area contributed by atoms with Crippen molar-refractivity contribution in [2.24, 2.45) is 0 Å². The van der Waals surface area contributed by atoms with E-state index in [2.05, 4.69) is 21.4 Å². The van der Waals surface area contributed by atoms with Gasteiger partial charge < -0.3 is 9.72 Å². The molecule has 0 radical (unpaired) electrons. The summed E-state index contributed by atoms with van der Waals surface area (Å²) < 4.78 is 4.82. The van der Waals surface area contributed by atoms with E-state index < -0.39 is 6.09 Å². The fourth-order valence-electron chi connectivity index (χ4n) is 1.92. The van der Waals surface area contributed by atoms with Crippen LogP contribution in [0.2, 0.25) is 0 Å². The largest absolute Gasteiger partial charge is 0.450 e. The van der Waals surface area contributed by atoms with Gasteiger partial charge in [-0.05, 0) is 36.1 Å². The molecule has 0 spiro atoms. The van der Waals surface area contributed by atoms with Gasteiger partial charge in [-0.15, -0.1) is 11.3 Å². The number of aromatic amines is 1. The van der Waals surface area contributed by atoms with E-state index in [-0.39, 0.29) is 0 Å². The first-order valence-electron chi connectivity index (χ1n) is 6.23. The number of aromatic nitrogens is 2. The second kappa shape index (κ2) is 5.34. The van der Waals surface area contributed by atoms with Gasteiger partial charge in [0.15, 0.2) is 0 Å². The van der Waals surface area contributed by atoms with Gasteiger partial charge in [-0.2, -0.15) is 0 Å². The maximum Gasteiger partial charge on any atom is 0.413 e. The zero-order chi connectivity index (χ0) is 13.9. The lowest BCUT2D eigenvalue weighted by molar-refractivity contribution is 0.167. The molecule has 3 aromatic rings. The van der Waals surface area contributed by atoms with Gasteiger partial charge in [-0.1, -0.05) is 12.1 Å². The van der Waals surface area contributed by atoms with Crippen LogP contribution in [0.3, 0.4) is 0 Å². The summed E-state index contributed by atoms with van der Waals surface area (Å²) in [4.78, 5) is 19.9. The zero-order valence-electron chi connectivity index (χ0n) is 10.8. The molecule has 0 saturated heterocycles. The van der Waals surface area contributed by atoms with Gasteiger partial charge in [0.05, 0.1) is 17.6 Å². The summed E-state index contributed by atoms with van der Waals surface area (Å²) in [6.07, 6.45) is -0.509. The van der Waals surface area contributed by atoms with Crippen molar-refractivity contribution in [1.29, 1.82) is 0 Å². The highest BCUT2D eigenvalue weighted by Crippen LogP contribution is 2.27. The summed E-state index contributed by atoms with van der Waals surface area (Å²) in [5.74, 6) is 0.391. The molecule has 20 heavy (non-hydrogen) atoms. The van der Waals surface area contributed by atoms with Crippen molar-refractivity contribution in [3.63, 3.8) is 0 Å². The van der Waals surface area contributed by atoms with Gasteiger partial charge in [0, 0.05) is 4.88 Å². The number of benzene rings is 1. The number of ether oxygens (including phenoxy) is 1. The van der Waals surface area contributed by atoms with E-state index in [0.717, 1.165) is 16.6 Å². The Bertz CT molecular complexity index is 734. The lowest BCUT2D eigenvalue weighted by Gasteiger charge is -2.00. The Morgan fingerprint density at radius 1 is 1.45 bits per heavy atom. The maximum absolute atomic E-state index is 11.4. The van der Waals surface area contributed by atoms with Crippen molar-refractivity contribution >= 4 is 34.4 Å². The second-order valence-electron chi connectivity index (χ2n) is 4.14. The van der Waals surface area contributed by atoms with Gasteiger partial charge >= 0.3 is 6.09 Å². The number of fused-ring (bicyclic) bond motifs is 1. The first-order chi connectivity index (χ1) is 9.76. The number of anilines is 1. The van der Waals surface area contributed by atoms with Crippen LogP contribution in [0.5, 0.6) is 0 Å². The fraction of sp³-hybridized carbons (Fsp3) is 0.143. The predicted molar refractivity (Wildman–Crippen MR) is 80.1 cm³/mol. The molecule has 0 atom stereocenters. The van der Waals surface area contributed by atoms with Crippen LogP contribution >= 0.6 is 11.3 Å². The Kier molecular flexibility index (Phi) is 3.39. The monoisotopic (exact) mass is 287 g/mol. The summed E-state index contributed by atoms with van der Waals surface area (Å²) >= 11 is 1.68. The van der Waals surface area contributed by atoms with Gasteiger partial charge in [-0.3, -0.25) is 5.32 Å². The number of thiophene rings is 1. The molecule has 0 aliphatic heterocycles. The van der Waals surface area contributed by atoms with Crippen molar-refractivity contribution in [3.8, 4) is 10.4 Å². The molecule has 6 heteroatoms. The minimum atomic E-state index is -0.509. The third-order valence-electron chi connectivity index (χ3n) is 2.78. The smallest absolute Gasteiger partial charge is 0.413 e. The molecular formula is C14H13N3O2S. The van der Waals surface area contributed by atoms with E-state index in [1.807, 2.05) is 29.6 Å². The molecule has 0 aliphatic carbocycles. The number of imidazole rings is 1. The second-order valence-corrected chi connectivity index (χ2v) is 5.09. The molecule has 1 aromatic carbocycles. The number of nitrogens with one attached hydrogen (secondary N) is 2.